The maximum absolute atomic E-state index is 11.6. The summed E-state index contributed by atoms with van der Waals surface area (Å²) < 4.78 is 0. The van der Waals surface area contributed by atoms with Gasteiger partial charge in [0.2, 0.25) is 0 Å². The Balaban J connectivity index is 1.53. The van der Waals surface area contributed by atoms with Crippen molar-refractivity contribution in [2.24, 2.45) is 0 Å². The summed E-state index contributed by atoms with van der Waals surface area (Å²) in [5.74, 6) is 0.693. The molecule has 0 atom stereocenters. The highest BCUT2D eigenvalue weighted by Gasteiger charge is 2.15. The minimum Gasteiger partial charge on any atom is -0.365 e. The Bertz CT molecular complexity index is 1100. The first-order valence-electron chi connectivity index (χ1n) is 8.63. The quantitative estimate of drug-likeness (QED) is 0.354. The van der Waals surface area contributed by atoms with Gasteiger partial charge < -0.3 is 5.32 Å². The number of nitrogens with zero attached hydrogens (tertiary/aromatic N) is 3. The van der Waals surface area contributed by atoms with Crippen LogP contribution in [0.25, 0.3) is 21.7 Å². The zero-order chi connectivity index (χ0) is 19.3. The molecule has 7 heteroatoms. The lowest BCUT2D eigenvalue weighted by molar-refractivity contribution is -0.385. The highest BCUT2D eigenvalue weighted by molar-refractivity contribution is 7.13. The van der Waals surface area contributed by atoms with Crippen molar-refractivity contribution in [3.05, 3.63) is 94.1 Å². The van der Waals surface area contributed by atoms with E-state index in [9.17, 15) is 10.1 Å². The van der Waals surface area contributed by atoms with E-state index in [1.54, 1.807) is 24.5 Å². The second kappa shape index (κ2) is 7.98. The summed E-state index contributed by atoms with van der Waals surface area (Å²) in [5, 5.41) is 17.5. The fourth-order valence-electron chi connectivity index (χ4n) is 2.86. The van der Waals surface area contributed by atoms with Gasteiger partial charge in [-0.25, -0.2) is 4.98 Å². The van der Waals surface area contributed by atoms with Crippen LogP contribution in [0.3, 0.4) is 0 Å². The van der Waals surface area contributed by atoms with Gasteiger partial charge in [0.05, 0.1) is 4.92 Å². The van der Waals surface area contributed by atoms with Crippen molar-refractivity contribution in [2.75, 3.05) is 5.32 Å². The van der Waals surface area contributed by atoms with Crippen molar-refractivity contribution in [3.8, 4) is 21.7 Å². The summed E-state index contributed by atoms with van der Waals surface area (Å²) in [7, 11) is 0. The average Bonchev–Trinajstić information content (AvgIpc) is 3.22. The van der Waals surface area contributed by atoms with Gasteiger partial charge in [-0.15, -0.1) is 11.3 Å². The zero-order valence-corrected chi connectivity index (χ0v) is 15.6. The van der Waals surface area contributed by atoms with Crippen LogP contribution < -0.4 is 5.32 Å². The Kier molecular flexibility index (Phi) is 5.07. The third-order valence-electron chi connectivity index (χ3n) is 4.28. The van der Waals surface area contributed by atoms with E-state index in [4.69, 9.17) is 0 Å². The second-order valence-electron chi connectivity index (χ2n) is 6.09. The van der Waals surface area contributed by atoms with E-state index in [1.165, 1.54) is 11.3 Å². The molecule has 6 nitrogen and oxygen atoms in total. The van der Waals surface area contributed by atoms with E-state index in [0.29, 0.717) is 17.9 Å². The number of benzene rings is 2. The highest BCUT2D eigenvalue weighted by atomic mass is 32.1. The molecule has 4 rings (SSSR count). The van der Waals surface area contributed by atoms with Crippen LogP contribution >= 0.6 is 11.3 Å². The third kappa shape index (κ3) is 3.89. The number of pyridine rings is 1. The molecule has 2 aromatic heterocycles. The molecular formula is C21H16N4O2S. The minimum absolute atomic E-state index is 0.0958. The van der Waals surface area contributed by atoms with Gasteiger partial charge in [0, 0.05) is 41.5 Å². The van der Waals surface area contributed by atoms with E-state index in [2.05, 4.69) is 15.3 Å². The lowest BCUT2D eigenvalue weighted by Gasteiger charge is -2.07. The Hall–Kier alpha value is -3.58. The summed E-state index contributed by atoms with van der Waals surface area (Å²) in [4.78, 5) is 19.8. The lowest BCUT2D eigenvalue weighted by atomic mass is 10.0. The van der Waals surface area contributed by atoms with E-state index < -0.39 is 0 Å². The van der Waals surface area contributed by atoms with E-state index in [-0.39, 0.29) is 10.6 Å². The van der Waals surface area contributed by atoms with Crippen LogP contribution in [0.15, 0.2) is 78.4 Å². The molecule has 0 aliphatic carbocycles. The maximum atomic E-state index is 11.6. The monoisotopic (exact) mass is 388 g/mol. The molecular weight excluding hydrogens is 372 g/mol. The van der Waals surface area contributed by atoms with Gasteiger partial charge in [-0.1, -0.05) is 36.4 Å². The number of nitrogens with one attached hydrogen (secondary N) is 1. The van der Waals surface area contributed by atoms with Crippen LogP contribution in [0.1, 0.15) is 5.56 Å². The molecule has 138 valence electrons. The van der Waals surface area contributed by atoms with Crippen LogP contribution in [0.4, 0.5) is 11.5 Å². The Labute approximate surface area is 165 Å². The van der Waals surface area contributed by atoms with Crippen molar-refractivity contribution in [1.29, 1.82) is 0 Å². The largest absolute Gasteiger partial charge is 0.365 e. The smallest absolute Gasteiger partial charge is 0.274 e. The lowest BCUT2D eigenvalue weighted by Crippen LogP contribution is -2.03. The average molecular weight is 388 g/mol. The second-order valence-corrected chi connectivity index (χ2v) is 6.95. The van der Waals surface area contributed by atoms with Crippen LogP contribution in [-0.4, -0.2) is 14.9 Å². The van der Waals surface area contributed by atoms with Gasteiger partial charge in [-0.2, -0.15) is 0 Å². The predicted octanol–water partition coefficient (Wildman–Crippen LogP) is 5.39. The molecule has 28 heavy (non-hydrogen) atoms. The molecule has 0 saturated heterocycles. The van der Waals surface area contributed by atoms with Crippen molar-refractivity contribution in [1.82, 2.24) is 9.97 Å². The molecule has 0 bridgehead atoms. The first-order chi connectivity index (χ1) is 13.7. The normalized spacial score (nSPS) is 10.6. The summed E-state index contributed by atoms with van der Waals surface area (Å²) >= 11 is 1.51. The van der Waals surface area contributed by atoms with Gasteiger partial charge >= 0.3 is 0 Å². The van der Waals surface area contributed by atoms with Crippen molar-refractivity contribution >= 4 is 22.8 Å². The maximum Gasteiger partial charge on any atom is 0.274 e. The molecule has 0 saturated carbocycles. The van der Waals surface area contributed by atoms with Crippen LogP contribution in [0.2, 0.25) is 0 Å². The van der Waals surface area contributed by atoms with Gasteiger partial charge in [-0.05, 0) is 29.3 Å². The number of nitro benzene ring substituents is 1. The molecule has 0 fully saturated rings. The Morgan fingerprint density at radius 1 is 0.964 bits per heavy atom. The molecule has 2 aromatic carbocycles. The Morgan fingerprint density at radius 2 is 1.75 bits per heavy atom. The molecule has 1 N–H and O–H groups in total. The molecule has 0 spiro atoms. The standard InChI is InChI=1S/C21H16N4O2S/c26-25(27)19-12-17(15-4-2-1-3-5-15)6-7-18(19)13-23-20-14-28-21(24-20)16-8-10-22-11-9-16/h1-12,14,23H,13H2. The van der Waals surface area contributed by atoms with Crippen LogP contribution in [0, 0.1) is 10.1 Å². The first-order valence-corrected chi connectivity index (χ1v) is 9.51. The minimum atomic E-state index is -0.340. The number of hydrogen-bond donors (Lipinski definition) is 1. The van der Waals surface area contributed by atoms with E-state index in [0.717, 1.165) is 21.7 Å². The highest BCUT2D eigenvalue weighted by Crippen LogP contribution is 2.29. The number of anilines is 1. The Morgan fingerprint density at radius 3 is 2.50 bits per heavy atom. The van der Waals surface area contributed by atoms with Gasteiger partial charge in [0.1, 0.15) is 10.8 Å². The zero-order valence-electron chi connectivity index (χ0n) is 14.8. The van der Waals surface area contributed by atoms with Gasteiger partial charge in [0.25, 0.3) is 5.69 Å². The van der Waals surface area contributed by atoms with Gasteiger partial charge in [0.15, 0.2) is 0 Å². The van der Waals surface area contributed by atoms with E-state index in [1.807, 2.05) is 53.9 Å². The van der Waals surface area contributed by atoms with Crippen LogP contribution in [-0.2, 0) is 6.54 Å². The number of hydrogen-bond acceptors (Lipinski definition) is 6. The number of rotatable bonds is 6. The molecule has 0 aliphatic rings. The molecule has 0 amide bonds. The summed E-state index contributed by atoms with van der Waals surface area (Å²) in [6.45, 7) is 0.324. The van der Waals surface area contributed by atoms with Crippen molar-refractivity contribution in [3.63, 3.8) is 0 Å². The topological polar surface area (TPSA) is 81.0 Å². The summed E-state index contributed by atoms with van der Waals surface area (Å²) in [6.07, 6.45) is 3.45. The molecule has 0 unspecified atom stereocenters. The fraction of sp³-hybridized carbons (Fsp3) is 0.0476. The fourth-order valence-corrected chi connectivity index (χ4v) is 3.64. The van der Waals surface area contributed by atoms with Gasteiger partial charge in [-0.3, -0.25) is 15.1 Å². The number of aromatic nitrogens is 2. The first kappa shape index (κ1) is 17.8. The predicted molar refractivity (Wildman–Crippen MR) is 111 cm³/mol. The SMILES string of the molecule is O=[N+]([O-])c1cc(-c2ccccc2)ccc1CNc1csc(-c2ccncc2)n1. The molecule has 2 heterocycles. The number of thiazole rings is 1. The molecule has 0 radical (unpaired) electrons. The third-order valence-corrected chi connectivity index (χ3v) is 5.17. The summed E-state index contributed by atoms with van der Waals surface area (Å²) in [6, 6.07) is 18.7. The van der Waals surface area contributed by atoms with Crippen molar-refractivity contribution in [2.45, 2.75) is 6.54 Å². The number of nitro groups is 1. The molecule has 0 aliphatic heterocycles. The van der Waals surface area contributed by atoms with E-state index >= 15 is 0 Å². The summed E-state index contributed by atoms with van der Waals surface area (Å²) in [5.41, 5.74) is 3.48. The van der Waals surface area contributed by atoms with Crippen LogP contribution in [0.5, 0.6) is 0 Å². The molecule has 4 aromatic rings. The van der Waals surface area contributed by atoms with Crippen molar-refractivity contribution < 1.29 is 4.92 Å².